The molecule has 0 aliphatic heterocycles. The van der Waals surface area contributed by atoms with Crippen LogP contribution in [0.4, 0.5) is 0 Å². The van der Waals surface area contributed by atoms with Crippen molar-refractivity contribution < 1.29 is 22.3 Å². The normalized spacial score (nSPS) is 14.9. The van der Waals surface area contributed by atoms with Gasteiger partial charge in [0, 0.05) is 6.54 Å². The molecule has 6 nitrogen and oxygen atoms in total. The zero-order valence-electron chi connectivity index (χ0n) is 12.0. The summed E-state index contributed by atoms with van der Waals surface area (Å²) in [5.74, 6) is 0. The Kier molecular flexibility index (Phi) is 10.8. The van der Waals surface area contributed by atoms with Crippen LogP contribution in [0.2, 0.25) is 0 Å². The quantitative estimate of drug-likeness (QED) is 0.420. The van der Waals surface area contributed by atoms with Crippen molar-refractivity contribution in [2.45, 2.75) is 52.2 Å². The molecule has 0 aliphatic carbocycles. The fourth-order valence-electron chi connectivity index (χ4n) is 1.11. The zero-order chi connectivity index (χ0) is 14.8. The van der Waals surface area contributed by atoms with Crippen LogP contribution in [0.5, 0.6) is 0 Å². The van der Waals surface area contributed by atoms with E-state index in [-0.39, 0.29) is 0 Å². The third-order valence-corrected chi connectivity index (χ3v) is 3.22. The van der Waals surface area contributed by atoms with Gasteiger partial charge in [-0.3, -0.25) is 13.6 Å². The van der Waals surface area contributed by atoms with E-state index < -0.39 is 16.1 Å². The average molecular weight is 285 g/mol. The molecule has 0 heterocycles. The first-order valence-corrected chi connectivity index (χ1v) is 7.43. The lowest BCUT2D eigenvalue weighted by Gasteiger charge is -2.33. The van der Waals surface area contributed by atoms with Gasteiger partial charge in [-0.15, -0.1) is 0 Å². The van der Waals surface area contributed by atoms with Crippen LogP contribution in [0, 0.1) is 0 Å². The maximum absolute atomic E-state index is 9.82. The van der Waals surface area contributed by atoms with Gasteiger partial charge in [-0.25, -0.2) is 0 Å². The molecule has 0 rings (SSSR count). The van der Waals surface area contributed by atoms with E-state index in [0.717, 1.165) is 20.1 Å². The Labute approximate surface area is 111 Å². The number of rotatable bonds is 7. The first-order chi connectivity index (χ1) is 8.10. The maximum atomic E-state index is 9.82. The predicted molar refractivity (Wildman–Crippen MR) is 71.6 cm³/mol. The fraction of sp³-hybridized carbons (Fsp3) is 1.00. The molecule has 18 heavy (non-hydrogen) atoms. The Morgan fingerprint density at radius 3 is 2.00 bits per heavy atom. The van der Waals surface area contributed by atoms with Gasteiger partial charge in [0.05, 0.1) is 7.11 Å². The molecule has 0 fully saturated rings. The molecule has 0 aliphatic rings. The van der Waals surface area contributed by atoms with E-state index in [1.807, 2.05) is 25.8 Å². The van der Waals surface area contributed by atoms with Gasteiger partial charge < -0.3 is 5.11 Å². The van der Waals surface area contributed by atoms with E-state index in [1.54, 1.807) is 0 Å². The van der Waals surface area contributed by atoms with Gasteiger partial charge in [0.1, 0.15) is 5.72 Å². The zero-order valence-corrected chi connectivity index (χ0v) is 12.8. The van der Waals surface area contributed by atoms with Gasteiger partial charge in [-0.1, -0.05) is 26.7 Å². The van der Waals surface area contributed by atoms with Gasteiger partial charge in [-0.05, 0) is 26.8 Å². The lowest BCUT2D eigenvalue weighted by Crippen LogP contribution is -2.43. The van der Waals surface area contributed by atoms with Crippen LogP contribution >= 0.6 is 0 Å². The molecule has 1 atom stereocenters. The number of hydrogen-bond acceptors (Lipinski definition) is 5. The lowest BCUT2D eigenvalue weighted by molar-refractivity contribution is -0.0824. The third kappa shape index (κ3) is 12.3. The Bertz CT molecular complexity index is 290. The monoisotopic (exact) mass is 285 g/mol. The summed E-state index contributed by atoms with van der Waals surface area (Å²) in [6.07, 6.45) is 4.46. The molecular weight excluding hydrogens is 258 g/mol. The van der Waals surface area contributed by atoms with Crippen LogP contribution in [0.3, 0.4) is 0 Å². The van der Waals surface area contributed by atoms with Gasteiger partial charge in [0.2, 0.25) is 0 Å². The second-order valence-corrected chi connectivity index (χ2v) is 5.48. The highest BCUT2D eigenvalue weighted by Gasteiger charge is 2.22. The van der Waals surface area contributed by atoms with Crippen molar-refractivity contribution in [3.63, 3.8) is 0 Å². The van der Waals surface area contributed by atoms with E-state index in [2.05, 4.69) is 11.1 Å². The smallest absolute Gasteiger partial charge is 0.376 e. The molecule has 2 N–H and O–H groups in total. The highest BCUT2D eigenvalue weighted by molar-refractivity contribution is 7.80. The van der Waals surface area contributed by atoms with E-state index in [9.17, 15) is 13.5 Å². The fourth-order valence-corrected chi connectivity index (χ4v) is 1.11. The molecule has 0 radical (unpaired) electrons. The van der Waals surface area contributed by atoms with E-state index in [4.69, 9.17) is 4.55 Å². The van der Waals surface area contributed by atoms with Crippen molar-refractivity contribution in [1.82, 2.24) is 4.90 Å². The summed E-state index contributed by atoms with van der Waals surface area (Å²) in [5, 5.41) is 9.82. The molecule has 0 amide bonds. The second kappa shape index (κ2) is 9.69. The number of hydrogen-bond donors (Lipinski definition) is 2. The van der Waals surface area contributed by atoms with Gasteiger partial charge in [-0.2, -0.15) is 8.42 Å². The maximum Gasteiger partial charge on any atom is 0.397 e. The average Bonchev–Trinajstić information content (AvgIpc) is 2.29. The first kappa shape index (κ1) is 20.1. The molecule has 112 valence electrons. The Hall–Kier alpha value is -0.210. The topological polar surface area (TPSA) is 87.1 Å². The van der Waals surface area contributed by atoms with Crippen LogP contribution in [-0.2, 0) is 14.6 Å². The van der Waals surface area contributed by atoms with Gasteiger partial charge in [0.15, 0.2) is 0 Å². The van der Waals surface area contributed by atoms with Crippen molar-refractivity contribution in [2.75, 3.05) is 20.7 Å². The molecular formula is C11H27NO5S. The largest absolute Gasteiger partial charge is 0.397 e. The highest BCUT2D eigenvalue weighted by Crippen LogP contribution is 2.13. The van der Waals surface area contributed by atoms with Crippen LogP contribution in [0.15, 0.2) is 0 Å². The van der Waals surface area contributed by atoms with Crippen molar-refractivity contribution in [2.24, 2.45) is 0 Å². The van der Waals surface area contributed by atoms with Crippen molar-refractivity contribution in [3.05, 3.63) is 0 Å². The van der Waals surface area contributed by atoms with Crippen LogP contribution in [0.1, 0.15) is 46.5 Å². The van der Waals surface area contributed by atoms with Crippen LogP contribution in [-0.4, -0.2) is 49.4 Å². The third-order valence-electron chi connectivity index (χ3n) is 2.80. The molecule has 0 bridgehead atoms. The number of nitrogens with zero attached hydrogens (tertiary/aromatic N) is 1. The van der Waals surface area contributed by atoms with Crippen molar-refractivity contribution in [3.8, 4) is 0 Å². The SMILES string of the molecule is CCCCCN(C)C(C)(O)CC.COS(=O)(=O)O. The Balaban J connectivity index is 0. The van der Waals surface area contributed by atoms with Crippen molar-refractivity contribution >= 4 is 10.4 Å². The Morgan fingerprint density at radius 2 is 1.72 bits per heavy atom. The van der Waals surface area contributed by atoms with Gasteiger partial charge in [0.25, 0.3) is 0 Å². The predicted octanol–water partition coefficient (Wildman–Crippen LogP) is 1.66. The standard InChI is InChI=1S/C10H23NO.CH4O4S/c1-5-7-8-9-11(4)10(3,12)6-2;1-5-6(2,3)4/h12H,5-9H2,1-4H3;1H3,(H,2,3,4). The van der Waals surface area contributed by atoms with E-state index in [1.165, 1.54) is 19.3 Å². The van der Waals surface area contributed by atoms with Crippen molar-refractivity contribution in [1.29, 1.82) is 0 Å². The summed E-state index contributed by atoms with van der Waals surface area (Å²) < 4.78 is 29.7. The van der Waals surface area contributed by atoms with Crippen LogP contribution in [0.25, 0.3) is 0 Å². The summed E-state index contributed by atoms with van der Waals surface area (Å²) in [5.41, 5.74) is -0.617. The second-order valence-electron chi connectivity index (χ2n) is 4.29. The highest BCUT2D eigenvalue weighted by atomic mass is 32.3. The Morgan fingerprint density at radius 1 is 1.28 bits per heavy atom. The molecule has 0 aromatic rings. The van der Waals surface area contributed by atoms with Crippen LogP contribution < -0.4 is 0 Å². The minimum Gasteiger partial charge on any atom is -0.376 e. The summed E-state index contributed by atoms with van der Waals surface area (Å²) >= 11 is 0. The molecule has 7 heteroatoms. The van der Waals surface area contributed by atoms with Gasteiger partial charge >= 0.3 is 10.4 Å². The summed E-state index contributed by atoms with van der Waals surface area (Å²) in [6.45, 7) is 7.07. The van der Waals surface area contributed by atoms with E-state index in [0.29, 0.717) is 0 Å². The number of aliphatic hydroxyl groups is 1. The van der Waals surface area contributed by atoms with E-state index >= 15 is 0 Å². The summed E-state index contributed by atoms with van der Waals surface area (Å²) in [4.78, 5) is 2.03. The molecule has 0 spiro atoms. The lowest BCUT2D eigenvalue weighted by atomic mass is 10.1. The molecule has 0 saturated carbocycles. The molecule has 1 unspecified atom stereocenters. The minimum atomic E-state index is -4.16. The number of unbranched alkanes of at least 4 members (excludes halogenated alkanes) is 2. The summed E-state index contributed by atoms with van der Waals surface area (Å²) in [7, 11) is -1.31. The molecule has 0 saturated heterocycles. The molecule has 0 aromatic heterocycles. The minimum absolute atomic E-state index is 0.617. The molecule has 0 aromatic carbocycles. The first-order valence-electron chi connectivity index (χ1n) is 6.07. The summed E-state index contributed by atoms with van der Waals surface area (Å²) in [6, 6.07) is 0.